The predicted octanol–water partition coefficient (Wildman–Crippen LogP) is 4.45. The summed E-state index contributed by atoms with van der Waals surface area (Å²) in [6.07, 6.45) is 0. The fraction of sp³-hybridized carbons (Fsp3) is 0.208. The van der Waals surface area contributed by atoms with Gasteiger partial charge in [-0.15, -0.1) is 0 Å². The van der Waals surface area contributed by atoms with Crippen LogP contribution in [0, 0.1) is 20.8 Å². The number of sulfonamides is 1. The third-order valence-electron chi connectivity index (χ3n) is 4.91. The highest BCUT2D eigenvalue weighted by Gasteiger charge is 2.29. The number of nitrogens with one attached hydrogen (secondary N) is 1. The van der Waals surface area contributed by atoms with E-state index in [1.807, 2.05) is 39.0 Å². The van der Waals surface area contributed by atoms with Gasteiger partial charge in [-0.25, -0.2) is 8.42 Å². The van der Waals surface area contributed by atoms with E-state index in [1.54, 1.807) is 36.4 Å². The molecule has 0 fully saturated rings. The minimum absolute atomic E-state index is 0.100. The molecular formula is C24H26N2O4S. The number of amides is 1. The highest BCUT2D eigenvalue weighted by molar-refractivity contribution is 7.92. The number of rotatable bonds is 7. The van der Waals surface area contributed by atoms with Crippen LogP contribution in [0.25, 0.3) is 0 Å². The third kappa shape index (κ3) is 5.06. The Kier molecular flexibility index (Phi) is 6.65. The summed E-state index contributed by atoms with van der Waals surface area (Å²) in [6, 6.07) is 18.9. The van der Waals surface area contributed by atoms with Crippen molar-refractivity contribution >= 4 is 27.3 Å². The molecule has 31 heavy (non-hydrogen) atoms. The molecule has 0 spiro atoms. The summed E-state index contributed by atoms with van der Waals surface area (Å²) in [5, 5.41) is 2.82. The van der Waals surface area contributed by atoms with Crippen LogP contribution in [-0.4, -0.2) is 28.0 Å². The lowest BCUT2D eigenvalue weighted by Gasteiger charge is -2.25. The second-order valence-corrected chi connectivity index (χ2v) is 9.23. The maximum atomic E-state index is 13.5. The molecule has 0 saturated heterocycles. The predicted molar refractivity (Wildman–Crippen MR) is 123 cm³/mol. The van der Waals surface area contributed by atoms with Crippen LogP contribution in [0.2, 0.25) is 0 Å². The Hall–Kier alpha value is -3.32. The number of para-hydroxylation sites is 2. The lowest BCUT2D eigenvalue weighted by atomic mass is 10.1. The van der Waals surface area contributed by atoms with Crippen molar-refractivity contribution in [2.45, 2.75) is 25.7 Å². The molecule has 0 unspecified atom stereocenters. The van der Waals surface area contributed by atoms with Gasteiger partial charge in [-0.1, -0.05) is 47.5 Å². The van der Waals surface area contributed by atoms with Crippen LogP contribution in [0.3, 0.4) is 0 Å². The first kappa shape index (κ1) is 22.4. The topological polar surface area (TPSA) is 75.7 Å². The molecule has 0 radical (unpaired) electrons. The van der Waals surface area contributed by atoms with E-state index in [4.69, 9.17) is 4.74 Å². The van der Waals surface area contributed by atoms with E-state index < -0.39 is 22.5 Å². The molecule has 1 N–H and O–H groups in total. The number of carbonyl (C=O) groups is 1. The molecule has 0 atom stereocenters. The molecule has 7 heteroatoms. The number of ether oxygens (including phenoxy) is 1. The number of methoxy groups -OCH3 is 1. The Morgan fingerprint density at radius 1 is 0.935 bits per heavy atom. The Labute approximate surface area is 183 Å². The van der Waals surface area contributed by atoms with E-state index >= 15 is 0 Å². The molecule has 3 rings (SSSR count). The summed E-state index contributed by atoms with van der Waals surface area (Å²) in [5.74, 6) is -0.0916. The Bertz CT molecular complexity index is 1190. The van der Waals surface area contributed by atoms with Crippen molar-refractivity contribution in [1.29, 1.82) is 0 Å². The Morgan fingerprint density at radius 2 is 1.58 bits per heavy atom. The van der Waals surface area contributed by atoms with Crippen LogP contribution < -0.4 is 14.4 Å². The lowest BCUT2D eigenvalue weighted by molar-refractivity contribution is -0.114. The zero-order chi connectivity index (χ0) is 22.6. The quantitative estimate of drug-likeness (QED) is 0.591. The van der Waals surface area contributed by atoms with Crippen molar-refractivity contribution in [2.24, 2.45) is 0 Å². The highest BCUT2D eigenvalue weighted by atomic mass is 32.2. The van der Waals surface area contributed by atoms with Gasteiger partial charge in [0.05, 0.1) is 17.7 Å². The molecule has 162 valence electrons. The highest BCUT2D eigenvalue weighted by Crippen LogP contribution is 2.32. The van der Waals surface area contributed by atoms with Gasteiger partial charge < -0.3 is 10.1 Å². The third-order valence-corrected chi connectivity index (χ3v) is 6.68. The molecule has 0 bridgehead atoms. The number of hydrogen-bond donors (Lipinski definition) is 1. The van der Waals surface area contributed by atoms with Crippen LogP contribution in [0.4, 0.5) is 11.4 Å². The van der Waals surface area contributed by atoms with Gasteiger partial charge in [0.15, 0.2) is 0 Å². The van der Waals surface area contributed by atoms with Gasteiger partial charge >= 0.3 is 0 Å². The monoisotopic (exact) mass is 438 g/mol. The molecule has 0 aliphatic rings. The number of anilines is 2. The molecule has 3 aromatic carbocycles. The average molecular weight is 439 g/mol. The molecule has 6 nitrogen and oxygen atoms in total. The molecule has 0 heterocycles. The zero-order valence-electron chi connectivity index (χ0n) is 18.0. The molecule has 0 aromatic heterocycles. The van der Waals surface area contributed by atoms with Crippen molar-refractivity contribution in [3.05, 3.63) is 83.4 Å². The molecule has 0 aliphatic heterocycles. The molecule has 0 saturated carbocycles. The number of carbonyl (C=O) groups excluding carboxylic acids is 1. The first-order chi connectivity index (χ1) is 14.7. The number of hydrogen-bond acceptors (Lipinski definition) is 4. The number of nitrogens with zero attached hydrogens (tertiary/aromatic N) is 1. The van der Waals surface area contributed by atoms with Gasteiger partial charge in [0.1, 0.15) is 12.3 Å². The van der Waals surface area contributed by atoms with E-state index in [2.05, 4.69) is 5.32 Å². The summed E-state index contributed by atoms with van der Waals surface area (Å²) in [6.45, 7) is 5.34. The van der Waals surface area contributed by atoms with Gasteiger partial charge in [-0.3, -0.25) is 9.10 Å². The van der Waals surface area contributed by atoms with Crippen molar-refractivity contribution in [1.82, 2.24) is 0 Å². The second-order valence-electron chi connectivity index (χ2n) is 7.36. The van der Waals surface area contributed by atoms with Gasteiger partial charge in [-0.05, 0) is 56.7 Å². The smallest absolute Gasteiger partial charge is 0.264 e. The van der Waals surface area contributed by atoms with E-state index in [0.29, 0.717) is 17.1 Å². The fourth-order valence-electron chi connectivity index (χ4n) is 3.25. The second kappa shape index (κ2) is 9.22. The van der Waals surface area contributed by atoms with Gasteiger partial charge in [0, 0.05) is 5.69 Å². The molecule has 0 aliphatic carbocycles. The van der Waals surface area contributed by atoms with Gasteiger partial charge in [-0.2, -0.15) is 0 Å². The Balaban J connectivity index is 1.99. The van der Waals surface area contributed by atoms with Crippen molar-refractivity contribution in [3.63, 3.8) is 0 Å². The fourth-order valence-corrected chi connectivity index (χ4v) is 4.68. The molecular weight excluding hydrogens is 412 g/mol. The number of aryl methyl sites for hydroxylation is 3. The average Bonchev–Trinajstić information content (AvgIpc) is 2.74. The summed E-state index contributed by atoms with van der Waals surface area (Å²) in [7, 11) is -2.55. The van der Waals surface area contributed by atoms with Crippen LogP contribution in [0.1, 0.15) is 16.7 Å². The van der Waals surface area contributed by atoms with Gasteiger partial charge in [0.2, 0.25) is 5.91 Å². The van der Waals surface area contributed by atoms with Crippen molar-refractivity contribution in [3.8, 4) is 5.75 Å². The maximum Gasteiger partial charge on any atom is 0.264 e. The zero-order valence-corrected chi connectivity index (χ0v) is 18.9. The maximum absolute atomic E-state index is 13.5. The summed E-state index contributed by atoms with van der Waals surface area (Å²) >= 11 is 0. The van der Waals surface area contributed by atoms with E-state index in [9.17, 15) is 13.2 Å². The SMILES string of the molecule is COc1ccccc1N(CC(=O)Nc1ccc(C)cc1C)S(=O)(=O)c1ccc(C)cc1. The van der Waals surface area contributed by atoms with Crippen molar-refractivity contribution in [2.75, 3.05) is 23.3 Å². The summed E-state index contributed by atoms with van der Waals surface area (Å²) in [5.41, 5.74) is 3.85. The van der Waals surface area contributed by atoms with Crippen molar-refractivity contribution < 1.29 is 17.9 Å². The summed E-state index contributed by atoms with van der Waals surface area (Å²) < 4.78 is 33.5. The largest absolute Gasteiger partial charge is 0.495 e. The number of benzene rings is 3. The van der Waals surface area contributed by atoms with E-state index in [1.165, 1.54) is 19.2 Å². The Morgan fingerprint density at radius 3 is 2.23 bits per heavy atom. The first-order valence-corrected chi connectivity index (χ1v) is 11.3. The normalized spacial score (nSPS) is 11.1. The van der Waals surface area contributed by atoms with Crippen LogP contribution in [0.5, 0.6) is 5.75 Å². The van der Waals surface area contributed by atoms with Crippen LogP contribution in [-0.2, 0) is 14.8 Å². The van der Waals surface area contributed by atoms with Crippen LogP contribution >= 0.6 is 0 Å². The molecule has 1 amide bonds. The van der Waals surface area contributed by atoms with Gasteiger partial charge in [0.25, 0.3) is 10.0 Å². The minimum Gasteiger partial charge on any atom is -0.495 e. The minimum atomic E-state index is -4.02. The first-order valence-electron chi connectivity index (χ1n) is 9.82. The van der Waals surface area contributed by atoms with E-state index in [-0.39, 0.29) is 4.90 Å². The van der Waals surface area contributed by atoms with E-state index in [0.717, 1.165) is 21.0 Å². The lowest BCUT2D eigenvalue weighted by Crippen LogP contribution is -2.38. The van der Waals surface area contributed by atoms with Crippen LogP contribution in [0.15, 0.2) is 71.6 Å². The summed E-state index contributed by atoms with van der Waals surface area (Å²) in [4.78, 5) is 13.0. The standard InChI is InChI=1S/C24H26N2O4S/c1-17-9-12-20(13-10-17)31(28,29)26(22-7-5-6-8-23(22)30-4)16-24(27)25-21-14-11-18(2)15-19(21)3/h5-15H,16H2,1-4H3,(H,25,27). The molecule has 3 aromatic rings.